The van der Waals surface area contributed by atoms with Crippen molar-refractivity contribution in [2.75, 3.05) is 13.1 Å². The Morgan fingerprint density at radius 2 is 2.47 bits per heavy atom. The number of likely N-dealkylation sites (tertiary alicyclic amines) is 1. The number of nitrogens with zero attached hydrogens (tertiary/aromatic N) is 3. The lowest BCUT2D eigenvalue weighted by Gasteiger charge is -2.15. The standard InChI is InChI=1S/C10H16N4O/c11-9-1-5-14(7-9)10(15)2-4-13-6-3-12-8-13/h3,6,8-9H,1-2,4-5,7,11H2/t9-/m0/s1. The van der Waals surface area contributed by atoms with E-state index in [9.17, 15) is 4.79 Å². The molecule has 1 fully saturated rings. The summed E-state index contributed by atoms with van der Waals surface area (Å²) in [4.78, 5) is 17.5. The third-order valence-corrected chi connectivity index (χ3v) is 2.72. The van der Waals surface area contributed by atoms with E-state index in [0.717, 1.165) is 13.0 Å². The predicted molar refractivity (Wildman–Crippen MR) is 56.0 cm³/mol. The van der Waals surface area contributed by atoms with Crippen molar-refractivity contribution in [1.29, 1.82) is 0 Å². The summed E-state index contributed by atoms with van der Waals surface area (Å²) in [6, 6.07) is 0.169. The van der Waals surface area contributed by atoms with Crippen LogP contribution in [0, 0.1) is 0 Å². The van der Waals surface area contributed by atoms with Gasteiger partial charge in [0.25, 0.3) is 0 Å². The fourth-order valence-electron chi connectivity index (χ4n) is 1.82. The van der Waals surface area contributed by atoms with Crippen LogP contribution in [0.15, 0.2) is 18.7 Å². The summed E-state index contributed by atoms with van der Waals surface area (Å²) in [6.07, 6.45) is 6.77. The van der Waals surface area contributed by atoms with Crippen LogP contribution in [-0.4, -0.2) is 39.5 Å². The first-order valence-electron chi connectivity index (χ1n) is 5.25. The lowest BCUT2D eigenvalue weighted by atomic mass is 10.3. The summed E-state index contributed by atoms with van der Waals surface area (Å²) in [5.74, 6) is 0.191. The molecule has 1 aliphatic rings. The number of carbonyl (C=O) groups is 1. The van der Waals surface area contributed by atoms with E-state index >= 15 is 0 Å². The van der Waals surface area contributed by atoms with E-state index in [1.165, 1.54) is 0 Å². The predicted octanol–water partition coefficient (Wildman–Crippen LogP) is -0.167. The van der Waals surface area contributed by atoms with Crippen LogP contribution in [0.4, 0.5) is 0 Å². The van der Waals surface area contributed by atoms with Crippen molar-refractivity contribution >= 4 is 5.91 Å². The molecule has 1 aliphatic heterocycles. The van der Waals surface area contributed by atoms with E-state index in [0.29, 0.717) is 19.5 Å². The number of amides is 1. The molecule has 0 unspecified atom stereocenters. The van der Waals surface area contributed by atoms with Crippen LogP contribution >= 0.6 is 0 Å². The topological polar surface area (TPSA) is 64.2 Å². The van der Waals surface area contributed by atoms with Gasteiger partial charge in [0.2, 0.25) is 5.91 Å². The maximum absolute atomic E-state index is 11.7. The second-order valence-electron chi connectivity index (χ2n) is 3.94. The normalized spacial score (nSPS) is 20.9. The summed E-state index contributed by atoms with van der Waals surface area (Å²) in [6.45, 7) is 2.22. The average Bonchev–Trinajstić information content (AvgIpc) is 2.84. The van der Waals surface area contributed by atoms with Crippen LogP contribution in [-0.2, 0) is 11.3 Å². The molecule has 0 bridgehead atoms. The van der Waals surface area contributed by atoms with Crippen LogP contribution in [0.3, 0.4) is 0 Å². The quantitative estimate of drug-likeness (QED) is 0.750. The van der Waals surface area contributed by atoms with Crippen molar-refractivity contribution in [2.24, 2.45) is 5.73 Å². The zero-order chi connectivity index (χ0) is 10.7. The van der Waals surface area contributed by atoms with Gasteiger partial charge in [0.1, 0.15) is 0 Å². The Morgan fingerprint density at radius 3 is 3.07 bits per heavy atom. The largest absolute Gasteiger partial charge is 0.341 e. The molecule has 15 heavy (non-hydrogen) atoms. The van der Waals surface area contributed by atoms with Gasteiger partial charge in [-0.05, 0) is 6.42 Å². The molecule has 0 aromatic carbocycles. The molecule has 1 atom stereocenters. The van der Waals surface area contributed by atoms with Gasteiger partial charge in [-0.1, -0.05) is 0 Å². The molecular formula is C10H16N4O. The number of aromatic nitrogens is 2. The van der Waals surface area contributed by atoms with Crippen molar-refractivity contribution in [3.05, 3.63) is 18.7 Å². The Hall–Kier alpha value is -1.36. The molecule has 5 heteroatoms. The Morgan fingerprint density at radius 1 is 1.60 bits per heavy atom. The number of rotatable bonds is 3. The van der Waals surface area contributed by atoms with E-state index in [4.69, 9.17) is 5.73 Å². The van der Waals surface area contributed by atoms with Crippen molar-refractivity contribution in [2.45, 2.75) is 25.4 Å². The van der Waals surface area contributed by atoms with E-state index in [2.05, 4.69) is 4.98 Å². The molecule has 2 heterocycles. The Balaban J connectivity index is 1.78. The van der Waals surface area contributed by atoms with Gasteiger partial charge >= 0.3 is 0 Å². The van der Waals surface area contributed by atoms with Gasteiger partial charge in [-0.15, -0.1) is 0 Å². The highest BCUT2D eigenvalue weighted by Gasteiger charge is 2.22. The molecule has 1 amide bonds. The first-order valence-corrected chi connectivity index (χ1v) is 5.25. The number of aryl methyl sites for hydroxylation is 1. The zero-order valence-electron chi connectivity index (χ0n) is 8.67. The fourth-order valence-corrected chi connectivity index (χ4v) is 1.82. The molecular weight excluding hydrogens is 192 g/mol. The Kier molecular flexibility index (Phi) is 3.01. The molecule has 0 aliphatic carbocycles. The van der Waals surface area contributed by atoms with E-state index in [-0.39, 0.29) is 11.9 Å². The minimum absolute atomic E-state index is 0.169. The van der Waals surface area contributed by atoms with Gasteiger partial charge < -0.3 is 15.2 Å². The van der Waals surface area contributed by atoms with Gasteiger partial charge in [0, 0.05) is 44.5 Å². The fraction of sp³-hybridized carbons (Fsp3) is 0.600. The van der Waals surface area contributed by atoms with Crippen LogP contribution in [0.2, 0.25) is 0 Å². The molecule has 82 valence electrons. The highest BCUT2D eigenvalue weighted by atomic mass is 16.2. The molecule has 2 rings (SSSR count). The average molecular weight is 208 g/mol. The van der Waals surface area contributed by atoms with Crippen LogP contribution < -0.4 is 5.73 Å². The SMILES string of the molecule is N[C@H]1CCN(C(=O)CCn2ccnc2)C1. The van der Waals surface area contributed by atoms with Crippen LogP contribution in [0.25, 0.3) is 0 Å². The van der Waals surface area contributed by atoms with Gasteiger partial charge in [0.05, 0.1) is 6.33 Å². The zero-order valence-corrected chi connectivity index (χ0v) is 8.67. The lowest BCUT2D eigenvalue weighted by Crippen LogP contribution is -2.32. The molecule has 0 radical (unpaired) electrons. The van der Waals surface area contributed by atoms with E-state index in [1.54, 1.807) is 12.5 Å². The minimum atomic E-state index is 0.169. The van der Waals surface area contributed by atoms with Crippen LogP contribution in [0.5, 0.6) is 0 Å². The van der Waals surface area contributed by atoms with Gasteiger partial charge in [0.15, 0.2) is 0 Å². The summed E-state index contributed by atoms with van der Waals surface area (Å²) < 4.78 is 1.91. The van der Waals surface area contributed by atoms with E-state index < -0.39 is 0 Å². The molecule has 1 aromatic heterocycles. The number of imidazole rings is 1. The third-order valence-electron chi connectivity index (χ3n) is 2.72. The van der Waals surface area contributed by atoms with Crippen molar-refractivity contribution < 1.29 is 4.79 Å². The first-order chi connectivity index (χ1) is 7.25. The van der Waals surface area contributed by atoms with Gasteiger partial charge in [-0.25, -0.2) is 4.98 Å². The summed E-state index contributed by atoms with van der Waals surface area (Å²) in [5, 5.41) is 0. The molecule has 1 aromatic rings. The first kappa shape index (κ1) is 10.2. The molecule has 5 nitrogen and oxygen atoms in total. The molecule has 2 N–H and O–H groups in total. The van der Waals surface area contributed by atoms with Crippen molar-refractivity contribution in [3.8, 4) is 0 Å². The minimum Gasteiger partial charge on any atom is -0.341 e. The Bertz CT molecular complexity index is 322. The summed E-state index contributed by atoms with van der Waals surface area (Å²) in [7, 11) is 0. The van der Waals surface area contributed by atoms with Gasteiger partial charge in [-0.3, -0.25) is 4.79 Å². The maximum atomic E-state index is 11.7. The van der Waals surface area contributed by atoms with Crippen LogP contribution in [0.1, 0.15) is 12.8 Å². The number of carbonyl (C=O) groups excluding carboxylic acids is 1. The lowest BCUT2D eigenvalue weighted by molar-refractivity contribution is -0.130. The molecule has 0 saturated carbocycles. The second kappa shape index (κ2) is 4.44. The highest BCUT2D eigenvalue weighted by Crippen LogP contribution is 2.08. The van der Waals surface area contributed by atoms with E-state index in [1.807, 2.05) is 15.7 Å². The Labute approximate surface area is 88.9 Å². The summed E-state index contributed by atoms with van der Waals surface area (Å²) in [5.41, 5.74) is 5.74. The van der Waals surface area contributed by atoms with Gasteiger partial charge in [-0.2, -0.15) is 0 Å². The smallest absolute Gasteiger partial charge is 0.224 e. The maximum Gasteiger partial charge on any atom is 0.224 e. The monoisotopic (exact) mass is 208 g/mol. The van der Waals surface area contributed by atoms with Crippen molar-refractivity contribution in [1.82, 2.24) is 14.5 Å². The highest BCUT2D eigenvalue weighted by molar-refractivity contribution is 5.76. The summed E-state index contributed by atoms with van der Waals surface area (Å²) >= 11 is 0. The number of hydrogen-bond donors (Lipinski definition) is 1. The third kappa shape index (κ3) is 2.56. The number of nitrogens with two attached hydrogens (primary N) is 1. The molecule has 1 saturated heterocycles. The second-order valence-corrected chi connectivity index (χ2v) is 3.94. The molecule has 0 spiro atoms. The number of hydrogen-bond acceptors (Lipinski definition) is 3. The van der Waals surface area contributed by atoms with Crippen molar-refractivity contribution in [3.63, 3.8) is 0 Å².